The van der Waals surface area contributed by atoms with Gasteiger partial charge in [-0.1, -0.05) is 19.4 Å². The Kier molecular flexibility index (Phi) is 8.81. The number of unbranched alkanes of at least 4 members (excludes halogenated alkanes) is 1. The summed E-state index contributed by atoms with van der Waals surface area (Å²) in [6, 6.07) is 5.36. The van der Waals surface area contributed by atoms with Crippen LogP contribution in [0.25, 0.3) is 6.08 Å². The number of methoxy groups -OCH3 is 1. The van der Waals surface area contributed by atoms with Crippen molar-refractivity contribution in [2.75, 3.05) is 20.3 Å². The van der Waals surface area contributed by atoms with Crippen LogP contribution in [0, 0.1) is 0 Å². The number of carbonyl (C=O) groups excluding carboxylic acids is 2. The maximum atomic E-state index is 11.6. The molecule has 24 heavy (non-hydrogen) atoms. The highest BCUT2D eigenvalue weighted by Gasteiger charge is 2.05. The lowest BCUT2D eigenvalue weighted by molar-refractivity contribution is -0.117. The SMILES string of the molecule is CCCCOc1cc(C=CC(=O)NNC(=O)OCC)ccc1OC. The molecule has 0 saturated carbocycles. The molecule has 0 aliphatic carbocycles. The average molecular weight is 336 g/mol. The van der Waals surface area contributed by atoms with Crippen molar-refractivity contribution < 1.29 is 23.8 Å². The molecular weight excluding hydrogens is 312 g/mol. The summed E-state index contributed by atoms with van der Waals surface area (Å²) in [5.74, 6) is 0.780. The minimum atomic E-state index is -0.713. The minimum absolute atomic E-state index is 0.226. The Labute approximate surface area is 141 Å². The maximum Gasteiger partial charge on any atom is 0.426 e. The summed E-state index contributed by atoms with van der Waals surface area (Å²) in [4.78, 5) is 22.7. The monoisotopic (exact) mass is 336 g/mol. The molecule has 1 aromatic rings. The molecule has 0 aliphatic heterocycles. The third kappa shape index (κ3) is 7.04. The lowest BCUT2D eigenvalue weighted by Crippen LogP contribution is -2.41. The van der Waals surface area contributed by atoms with Crippen LogP contribution in [0.15, 0.2) is 24.3 Å². The summed E-state index contributed by atoms with van der Waals surface area (Å²) in [6.45, 7) is 4.59. The zero-order valence-corrected chi connectivity index (χ0v) is 14.3. The average Bonchev–Trinajstić information content (AvgIpc) is 2.59. The molecule has 0 heterocycles. The molecule has 0 atom stereocenters. The van der Waals surface area contributed by atoms with Crippen LogP contribution in [0.4, 0.5) is 4.79 Å². The second-order valence-corrected chi connectivity index (χ2v) is 4.78. The second-order valence-electron chi connectivity index (χ2n) is 4.78. The van der Waals surface area contributed by atoms with Gasteiger partial charge in [0.25, 0.3) is 5.91 Å². The van der Waals surface area contributed by atoms with Crippen molar-refractivity contribution >= 4 is 18.1 Å². The molecule has 0 fully saturated rings. The Bertz CT molecular complexity index is 572. The van der Waals surface area contributed by atoms with E-state index < -0.39 is 12.0 Å². The van der Waals surface area contributed by atoms with E-state index >= 15 is 0 Å². The first kappa shape index (κ1) is 19.3. The van der Waals surface area contributed by atoms with Gasteiger partial charge in [-0.25, -0.2) is 10.2 Å². The van der Waals surface area contributed by atoms with Crippen molar-refractivity contribution in [3.05, 3.63) is 29.8 Å². The Hall–Kier alpha value is -2.70. The van der Waals surface area contributed by atoms with Crippen LogP contribution in [0.1, 0.15) is 32.3 Å². The summed E-state index contributed by atoms with van der Waals surface area (Å²) >= 11 is 0. The van der Waals surface area contributed by atoms with E-state index in [2.05, 4.69) is 22.5 Å². The van der Waals surface area contributed by atoms with Gasteiger partial charge in [0, 0.05) is 6.08 Å². The number of ether oxygens (including phenoxy) is 3. The molecule has 7 nitrogen and oxygen atoms in total. The summed E-state index contributed by atoms with van der Waals surface area (Å²) in [7, 11) is 1.58. The van der Waals surface area contributed by atoms with Gasteiger partial charge in [0.2, 0.25) is 0 Å². The van der Waals surface area contributed by atoms with Gasteiger partial charge in [-0.05, 0) is 37.1 Å². The molecule has 2 amide bonds. The van der Waals surface area contributed by atoms with Crippen LogP contribution in [0.2, 0.25) is 0 Å². The fraction of sp³-hybridized carbons (Fsp3) is 0.412. The first-order valence-corrected chi connectivity index (χ1v) is 7.82. The Morgan fingerprint density at radius 3 is 2.62 bits per heavy atom. The number of nitrogens with one attached hydrogen (secondary N) is 2. The molecule has 7 heteroatoms. The number of hydrazine groups is 1. The largest absolute Gasteiger partial charge is 0.493 e. The highest BCUT2D eigenvalue weighted by atomic mass is 16.6. The third-order valence-corrected chi connectivity index (χ3v) is 2.93. The minimum Gasteiger partial charge on any atom is -0.493 e. The Morgan fingerprint density at radius 1 is 1.17 bits per heavy atom. The lowest BCUT2D eigenvalue weighted by Gasteiger charge is -2.11. The normalized spacial score (nSPS) is 10.3. The summed E-state index contributed by atoms with van der Waals surface area (Å²) < 4.78 is 15.6. The van der Waals surface area contributed by atoms with Gasteiger partial charge >= 0.3 is 6.09 Å². The van der Waals surface area contributed by atoms with E-state index in [-0.39, 0.29) is 6.61 Å². The number of carbonyl (C=O) groups is 2. The van der Waals surface area contributed by atoms with Gasteiger partial charge in [0.05, 0.1) is 20.3 Å². The van der Waals surface area contributed by atoms with E-state index in [1.807, 2.05) is 0 Å². The van der Waals surface area contributed by atoms with Gasteiger partial charge in [0.15, 0.2) is 11.5 Å². The molecule has 0 radical (unpaired) electrons. The van der Waals surface area contributed by atoms with E-state index in [4.69, 9.17) is 9.47 Å². The van der Waals surface area contributed by atoms with E-state index in [0.29, 0.717) is 18.1 Å². The molecule has 0 spiro atoms. The summed E-state index contributed by atoms with van der Waals surface area (Å²) in [6.07, 6.45) is 4.18. The fourth-order valence-corrected chi connectivity index (χ4v) is 1.73. The van der Waals surface area contributed by atoms with E-state index in [9.17, 15) is 9.59 Å². The molecule has 0 unspecified atom stereocenters. The van der Waals surface area contributed by atoms with Crippen LogP contribution in [0.5, 0.6) is 11.5 Å². The van der Waals surface area contributed by atoms with Gasteiger partial charge in [-0.15, -0.1) is 0 Å². The summed E-state index contributed by atoms with van der Waals surface area (Å²) in [5.41, 5.74) is 5.11. The van der Waals surface area contributed by atoms with Crippen LogP contribution in [0.3, 0.4) is 0 Å². The van der Waals surface area contributed by atoms with Crippen molar-refractivity contribution in [3.63, 3.8) is 0 Å². The molecule has 1 aromatic carbocycles. The van der Waals surface area contributed by atoms with Gasteiger partial charge < -0.3 is 14.2 Å². The fourth-order valence-electron chi connectivity index (χ4n) is 1.73. The highest BCUT2D eigenvalue weighted by molar-refractivity contribution is 5.92. The first-order valence-electron chi connectivity index (χ1n) is 7.82. The zero-order chi connectivity index (χ0) is 17.8. The first-order chi connectivity index (χ1) is 11.6. The van der Waals surface area contributed by atoms with E-state index in [1.165, 1.54) is 6.08 Å². The van der Waals surface area contributed by atoms with Crippen molar-refractivity contribution in [1.29, 1.82) is 0 Å². The quantitative estimate of drug-likeness (QED) is 0.433. The topological polar surface area (TPSA) is 85.9 Å². The Morgan fingerprint density at radius 2 is 1.96 bits per heavy atom. The van der Waals surface area contributed by atoms with Gasteiger partial charge in [-0.2, -0.15) is 0 Å². The smallest absolute Gasteiger partial charge is 0.426 e. The number of hydrogen-bond acceptors (Lipinski definition) is 5. The molecule has 0 aliphatic rings. The molecule has 2 N–H and O–H groups in total. The van der Waals surface area contributed by atoms with Gasteiger partial charge in [0.1, 0.15) is 0 Å². The molecule has 0 bridgehead atoms. The standard InChI is InChI=1S/C17H24N2O5/c1-4-6-11-24-15-12-13(7-9-14(15)22-3)8-10-16(20)18-19-17(21)23-5-2/h7-10,12H,4-6,11H2,1-3H3,(H,18,20)(H,19,21). The van der Waals surface area contributed by atoms with E-state index in [1.54, 1.807) is 38.3 Å². The lowest BCUT2D eigenvalue weighted by atomic mass is 10.2. The molecule has 0 saturated heterocycles. The number of hydrogen-bond donors (Lipinski definition) is 2. The van der Waals surface area contributed by atoms with Crippen molar-refractivity contribution in [1.82, 2.24) is 10.9 Å². The third-order valence-electron chi connectivity index (χ3n) is 2.93. The van der Waals surface area contributed by atoms with Crippen molar-refractivity contribution in [3.8, 4) is 11.5 Å². The maximum absolute atomic E-state index is 11.6. The van der Waals surface area contributed by atoms with Crippen molar-refractivity contribution in [2.24, 2.45) is 0 Å². The molecule has 132 valence electrons. The number of rotatable bonds is 8. The zero-order valence-electron chi connectivity index (χ0n) is 14.3. The van der Waals surface area contributed by atoms with Crippen LogP contribution < -0.4 is 20.3 Å². The van der Waals surface area contributed by atoms with Crippen molar-refractivity contribution in [2.45, 2.75) is 26.7 Å². The van der Waals surface area contributed by atoms with E-state index in [0.717, 1.165) is 18.4 Å². The number of amides is 2. The molecule has 1 rings (SSSR count). The van der Waals surface area contributed by atoms with Gasteiger partial charge in [-0.3, -0.25) is 10.2 Å². The second kappa shape index (κ2) is 10.9. The van der Waals surface area contributed by atoms with Crippen LogP contribution >= 0.6 is 0 Å². The predicted molar refractivity (Wildman–Crippen MR) is 90.7 cm³/mol. The number of benzene rings is 1. The highest BCUT2D eigenvalue weighted by Crippen LogP contribution is 2.28. The molecule has 0 aromatic heterocycles. The Balaban J connectivity index is 2.64. The van der Waals surface area contributed by atoms with Crippen LogP contribution in [-0.2, 0) is 9.53 Å². The molecular formula is C17H24N2O5. The predicted octanol–water partition coefficient (Wildman–Crippen LogP) is 2.66. The summed E-state index contributed by atoms with van der Waals surface area (Å²) in [5, 5.41) is 0. The van der Waals surface area contributed by atoms with Crippen LogP contribution in [-0.4, -0.2) is 32.3 Å².